The molecular weight excluding hydrogens is 1200 g/mol. The van der Waals surface area contributed by atoms with E-state index < -0.39 is 0 Å². The molecule has 3 aromatic carbocycles. The summed E-state index contributed by atoms with van der Waals surface area (Å²) in [6.45, 7) is 32.6. The fraction of sp³-hybridized carbons (Fsp3) is 0.579. The van der Waals surface area contributed by atoms with Crippen LogP contribution in [0.2, 0.25) is 0 Å². The molecule has 1 atom stereocenters. The van der Waals surface area contributed by atoms with Gasteiger partial charge in [-0.1, -0.05) is 203 Å². The third-order valence-electron chi connectivity index (χ3n) is 15.6. The molecule has 4 saturated carbocycles. The number of carbonyl (C=O) groups is 6. The van der Waals surface area contributed by atoms with E-state index in [1.807, 2.05) is 47.9 Å². The van der Waals surface area contributed by atoms with Gasteiger partial charge in [0.25, 0.3) is 6.47 Å². The van der Waals surface area contributed by atoms with Crippen LogP contribution in [0.15, 0.2) is 119 Å². The highest BCUT2D eigenvalue weighted by Crippen LogP contribution is 2.59. The van der Waals surface area contributed by atoms with Crippen LogP contribution in [0.1, 0.15) is 248 Å². The molecule has 14 nitrogen and oxygen atoms in total. The number of thioether (sulfide) groups is 2. The molecule has 4 aliphatic carbocycles. The minimum Gasteiger partial charge on any atom is -0.494 e. The van der Waals surface area contributed by atoms with E-state index in [9.17, 15) is 4.79 Å². The first-order valence-corrected chi connectivity index (χ1v) is 34.7. The van der Waals surface area contributed by atoms with Crippen molar-refractivity contribution in [2.45, 2.75) is 242 Å². The molecule has 0 amide bonds. The van der Waals surface area contributed by atoms with Crippen molar-refractivity contribution in [1.29, 1.82) is 0 Å². The fourth-order valence-electron chi connectivity index (χ4n) is 10.2. The number of carbonyl (C=O) groups excluding carboxylic acids is 5. The molecule has 0 saturated heterocycles. The predicted octanol–water partition coefficient (Wildman–Crippen LogP) is 18.5. The SMILES string of the molecule is C1CCC1.C=CC(=O)OCCCCCCOc1ccc(C2CCC(c3ccc(C4CCC(c5ccc(OCCCCCCC6CCC6)cc5)CC4)c4c3S/C(=C/C(C)C)S4)CC2)cc1.C=CC=C.C=O.C=O.C=O.C=O.CC.CCC(C)N.CO.CO.CO.O=CO. The molecule has 8 rings (SSSR count). The fourth-order valence-corrected chi connectivity index (χ4v) is 13.4. The highest BCUT2D eigenvalue weighted by atomic mass is 32.2. The maximum Gasteiger partial charge on any atom is 0.330 e. The van der Waals surface area contributed by atoms with E-state index in [1.54, 1.807) is 33.1 Å². The van der Waals surface area contributed by atoms with Crippen LogP contribution in [0.25, 0.3) is 0 Å². The second-order valence-corrected chi connectivity index (χ2v) is 24.3. The molecule has 1 aliphatic heterocycles. The molecule has 92 heavy (non-hydrogen) atoms. The number of carboxylic acid groups (broad SMARTS) is 1. The highest BCUT2D eigenvalue weighted by molar-refractivity contribution is 8.24. The van der Waals surface area contributed by atoms with E-state index in [4.69, 9.17) is 64.3 Å². The lowest BCUT2D eigenvalue weighted by Crippen LogP contribution is -2.15. The lowest BCUT2D eigenvalue weighted by Gasteiger charge is -2.32. The maximum absolute atomic E-state index is 11.2. The van der Waals surface area contributed by atoms with E-state index >= 15 is 0 Å². The Morgan fingerprint density at radius 1 is 0.533 bits per heavy atom. The van der Waals surface area contributed by atoms with Gasteiger partial charge >= 0.3 is 5.97 Å². The number of unbranched alkanes of at least 4 members (excludes halogenated alkanes) is 6. The van der Waals surface area contributed by atoms with Gasteiger partial charge in [0, 0.05) is 47.5 Å². The number of esters is 1. The number of aliphatic hydroxyl groups excluding tert-OH is 3. The molecule has 0 spiro atoms. The Morgan fingerprint density at radius 3 is 1.14 bits per heavy atom. The smallest absolute Gasteiger partial charge is 0.330 e. The van der Waals surface area contributed by atoms with Crippen molar-refractivity contribution < 1.29 is 63.4 Å². The van der Waals surface area contributed by atoms with Crippen LogP contribution >= 0.6 is 23.5 Å². The molecule has 0 radical (unpaired) electrons. The van der Waals surface area contributed by atoms with Crippen LogP contribution in [0.4, 0.5) is 0 Å². The first-order chi connectivity index (χ1) is 45.0. The maximum atomic E-state index is 11.2. The van der Waals surface area contributed by atoms with Gasteiger partial charge in [-0.25, -0.2) is 4.79 Å². The molecule has 4 fully saturated rings. The summed E-state index contributed by atoms with van der Waals surface area (Å²) in [6, 6.07) is 23.6. The number of fused-ring (bicyclic) bond motifs is 1. The molecule has 1 unspecified atom stereocenters. The lowest BCUT2D eigenvalue weighted by molar-refractivity contribution is -0.137. The summed E-state index contributed by atoms with van der Waals surface area (Å²) in [7, 11) is 3.00. The molecular formula is C76H125NO13S2. The van der Waals surface area contributed by atoms with Gasteiger partial charge in [0.15, 0.2) is 0 Å². The van der Waals surface area contributed by atoms with Gasteiger partial charge in [-0.15, -0.1) is 0 Å². The number of allylic oxidation sites excluding steroid dienone is 3. The first kappa shape index (κ1) is 95.1. The van der Waals surface area contributed by atoms with Crippen LogP contribution < -0.4 is 15.2 Å². The molecule has 0 aromatic heterocycles. The second kappa shape index (κ2) is 69.7. The third kappa shape index (κ3) is 44.1. The zero-order chi connectivity index (χ0) is 70.8. The number of nitrogens with two attached hydrogens (primary N) is 1. The Bertz CT molecular complexity index is 2180. The zero-order valence-corrected chi connectivity index (χ0v) is 59.9. The Hall–Kier alpha value is -5.62. The average molecular weight is 1320 g/mol. The van der Waals surface area contributed by atoms with Gasteiger partial charge in [-0.2, -0.15) is 0 Å². The quantitative estimate of drug-likeness (QED) is 0.0184. The molecule has 6 N–H and O–H groups in total. The van der Waals surface area contributed by atoms with E-state index in [1.165, 1.54) is 150 Å². The summed E-state index contributed by atoms with van der Waals surface area (Å²) < 4.78 is 18.7. The number of ether oxygens (including phenoxy) is 3. The van der Waals surface area contributed by atoms with Crippen LogP contribution in [0.5, 0.6) is 11.5 Å². The topological polar surface area (TPSA) is 237 Å². The predicted molar refractivity (Wildman–Crippen MR) is 389 cm³/mol. The van der Waals surface area contributed by atoms with Crippen LogP contribution in [0.3, 0.4) is 0 Å². The minimum absolute atomic E-state index is 0.250. The van der Waals surface area contributed by atoms with Crippen LogP contribution in [0, 0.1) is 11.8 Å². The van der Waals surface area contributed by atoms with Gasteiger partial charge in [0.05, 0.1) is 19.8 Å². The Labute approximate surface area is 566 Å². The Morgan fingerprint density at radius 2 is 0.859 bits per heavy atom. The molecule has 1 heterocycles. The Balaban J connectivity index is -0.000000667. The number of rotatable bonds is 24. The van der Waals surface area contributed by atoms with Crippen molar-refractivity contribution >= 4 is 63.1 Å². The molecule has 0 bridgehead atoms. The van der Waals surface area contributed by atoms with Crippen molar-refractivity contribution in [2.24, 2.45) is 17.6 Å². The van der Waals surface area contributed by atoms with E-state index in [0.717, 1.165) is 84.1 Å². The number of aliphatic hydroxyl groups is 3. The minimum atomic E-state index is -0.341. The summed E-state index contributed by atoms with van der Waals surface area (Å²) in [6.07, 6.45) is 39.2. The molecule has 16 heteroatoms. The number of benzene rings is 3. The average Bonchev–Trinajstić information content (AvgIpc) is 1.56. The van der Waals surface area contributed by atoms with E-state index in [0.29, 0.717) is 42.2 Å². The third-order valence-corrected chi connectivity index (χ3v) is 18.2. The number of hydrogen-bond acceptors (Lipinski definition) is 15. The first-order valence-electron chi connectivity index (χ1n) is 33.1. The normalized spacial score (nSPS) is 17.2. The van der Waals surface area contributed by atoms with Crippen molar-refractivity contribution in [3.05, 3.63) is 131 Å². The largest absolute Gasteiger partial charge is 0.494 e. The van der Waals surface area contributed by atoms with Crippen molar-refractivity contribution in [2.75, 3.05) is 41.2 Å². The summed E-state index contributed by atoms with van der Waals surface area (Å²) >= 11 is 4.13. The molecule has 524 valence electrons. The highest BCUT2D eigenvalue weighted by Gasteiger charge is 2.33. The van der Waals surface area contributed by atoms with E-state index in [-0.39, 0.29) is 12.4 Å². The van der Waals surface area contributed by atoms with Gasteiger partial charge in [-0.05, 0) is 179 Å². The molecule has 3 aromatic rings. The Kier molecular flexibility index (Phi) is 72.0. The van der Waals surface area contributed by atoms with Gasteiger partial charge in [0.1, 0.15) is 38.7 Å². The van der Waals surface area contributed by atoms with Crippen molar-refractivity contribution in [3.63, 3.8) is 0 Å². The van der Waals surface area contributed by atoms with Gasteiger partial charge in [-0.3, -0.25) is 4.79 Å². The van der Waals surface area contributed by atoms with Gasteiger partial charge < -0.3 is 59.5 Å². The van der Waals surface area contributed by atoms with Crippen molar-refractivity contribution in [1.82, 2.24) is 0 Å². The summed E-state index contributed by atoms with van der Waals surface area (Å²) in [4.78, 5) is 54.7. The van der Waals surface area contributed by atoms with Crippen LogP contribution in [-0.2, 0) is 33.5 Å². The second-order valence-electron chi connectivity index (χ2n) is 21.9. The number of hydrogen-bond donors (Lipinski definition) is 5. The summed E-state index contributed by atoms with van der Waals surface area (Å²) in [5.74, 6) is 5.81. The summed E-state index contributed by atoms with van der Waals surface area (Å²) in [5, 5.41) is 27.9. The summed E-state index contributed by atoms with van der Waals surface area (Å²) in [5.41, 5.74) is 11.5. The lowest BCUT2D eigenvalue weighted by atomic mass is 9.74. The van der Waals surface area contributed by atoms with Gasteiger partial charge in [0.2, 0.25) is 0 Å². The van der Waals surface area contributed by atoms with Crippen molar-refractivity contribution in [3.8, 4) is 11.5 Å². The standard InChI is InChI=1S/C54H72O4S2.C4H11N.C4H8.C4H6.C2H6.CH2O2.3CH4O.4CH2O/c1-4-51(55)58-37-12-8-7-11-36-57-48-31-27-44(28-32-48)42-19-23-46(24-20-42)50-34-33-49(53-54(50)60-52(59-53)38-39(2)3)45-21-17-41(18-22-45)43-25-29-47(30-26-43)56-35-10-6-5-9-14-40-15-13-16-40;1-3-4(2)5;1-2-4-3-1;1-3-4-2;1-2;2-1-3;7*1-2/h4,25-34,38-42,45-46H,1,5-24,35-37H2,2-3H3;4H,3,5H2,1-2H3;1-4H2;3-4H,1-2H2;1-2H3;1H,(H,2,3);3*2H,1H3;4*1H2/b52-38+;;;;;;;;;;;;. The monoisotopic (exact) mass is 1320 g/mol. The van der Waals surface area contributed by atoms with E-state index in [2.05, 4.69) is 131 Å². The zero-order valence-electron chi connectivity index (χ0n) is 58.3. The van der Waals surface area contributed by atoms with Crippen LogP contribution in [-0.4, -0.2) is 107 Å². The molecule has 5 aliphatic rings.